The Balaban J connectivity index is 1.82. The fraction of sp³-hybridized carbons (Fsp3) is 0.438. The summed E-state index contributed by atoms with van der Waals surface area (Å²) < 4.78 is 0. The van der Waals surface area contributed by atoms with Crippen molar-refractivity contribution < 1.29 is 4.79 Å². The van der Waals surface area contributed by atoms with Gasteiger partial charge >= 0.3 is 0 Å². The number of rotatable bonds is 6. The van der Waals surface area contributed by atoms with E-state index < -0.39 is 0 Å². The molecule has 2 N–H and O–H groups in total. The van der Waals surface area contributed by atoms with Crippen LogP contribution >= 0.6 is 0 Å². The zero-order valence-corrected chi connectivity index (χ0v) is 11.7. The fourth-order valence-electron chi connectivity index (χ4n) is 2.17. The predicted octanol–water partition coefficient (Wildman–Crippen LogP) is 3.72. The number of aromatic nitrogens is 1. The van der Waals surface area contributed by atoms with Crippen molar-refractivity contribution in [3.8, 4) is 0 Å². The number of hydrogen-bond donors (Lipinski definition) is 2. The molecular weight excluding hydrogens is 236 g/mol. The molecule has 1 heterocycles. The molecule has 0 spiro atoms. The van der Waals surface area contributed by atoms with Gasteiger partial charge in [0.05, 0.1) is 0 Å². The van der Waals surface area contributed by atoms with E-state index >= 15 is 0 Å². The second-order valence-electron chi connectivity index (χ2n) is 5.43. The van der Waals surface area contributed by atoms with Gasteiger partial charge in [0.25, 0.3) is 5.91 Å². The molecule has 0 bridgehead atoms. The highest BCUT2D eigenvalue weighted by molar-refractivity contribution is 5.97. The van der Waals surface area contributed by atoms with E-state index in [4.69, 9.17) is 0 Å². The standard InChI is InChI=1S/C16H22N2O/c1-12(2)5-3-4-9-18-16(19)14-7-6-13-8-10-17-15(13)11-14/h6-8,10-12,17H,3-5,9H2,1-2H3,(H,18,19). The smallest absolute Gasteiger partial charge is 0.251 e. The molecule has 0 saturated carbocycles. The molecule has 0 saturated heterocycles. The molecule has 2 rings (SSSR count). The second kappa shape index (κ2) is 6.41. The third kappa shape index (κ3) is 3.85. The van der Waals surface area contributed by atoms with Gasteiger partial charge in [0.15, 0.2) is 0 Å². The van der Waals surface area contributed by atoms with Crippen LogP contribution in [0.1, 0.15) is 43.5 Å². The molecule has 102 valence electrons. The lowest BCUT2D eigenvalue weighted by atomic mass is 10.1. The van der Waals surface area contributed by atoms with Crippen LogP contribution in [0.25, 0.3) is 10.9 Å². The average Bonchev–Trinajstić information content (AvgIpc) is 2.84. The Bertz CT molecular complexity index is 542. The normalized spacial score (nSPS) is 11.1. The summed E-state index contributed by atoms with van der Waals surface area (Å²) in [5.41, 5.74) is 1.73. The second-order valence-corrected chi connectivity index (χ2v) is 5.43. The van der Waals surface area contributed by atoms with E-state index in [2.05, 4.69) is 24.1 Å². The summed E-state index contributed by atoms with van der Waals surface area (Å²) in [4.78, 5) is 15.1. The minimum absolute atomic E-state index is 0.0149. The van der Waals surface area contributed by atoms with Crippen molar-refractivity contribution in [3.05, 3.63) is 36.0 Å². The maximum absolute atomic E-state index is 12.0. The van der Waals surface area contributed by atoms with Gasteiger partial charge < -0.3 is 10.3 Å². The van der Waals surface area contributed by atoms with E-state index in [1.165, 1.54) is 12.8 Å². The van der Waals surface area contributed by atoms with Gasteiger partial charge in [-0.1, -0.05) is 32.8 Å². The van der Waals surface area contributed by atoms with E-state index in [0.29, 0.717) is 0 Å². The maximum atomic E-state index is 12.0. The summed E-state index contributed by atoms with van der Waals surface area (Å²) in [5.74, 6) is 0.757. The number of unbranched alkanes of at least 4 members (excludes halogenated alkanes) is 1. The molecule has 19 heavy (non-hydrogen) atoms. The zero-order valence-electron chi connectivity index (χ0n) is 11.7. The Hall–Kier alpha value is -1.77. The van der Waals surface area contributed by atoms with Crippen LogP contribution in [0.2, 0.25) is 0 Å². The van der Waals surface area contributed by atoms with Crippen molar-refractivity contribution in [1.29, 1.82) is 0 Å². The molecule has 0 fully saturated rings. The first kappa shape index (κ1) is 13.7. The van der Waals surface area contributed by atoms with Crippen molar-refractivity contribution in [2.75, 3.05) is 6.54 Å². The first-order valence-electron chi connectivity index (χ1n) is 7.02. The SMILES string of the molecule is CC(C)CCCCNC(=O)c1ccc2cc[nH]c2c1. The number of nitrogens with one attached hydrogen (secondary N) is 2. The predicted molar refractivity (Wildman–Crippen MR) is 79.3 cm³/mol. The minimum atomic E-state index is 0.0149. The number of carbonyl (C=O) groups is 1. The van der Waals surface area contributed by atoms with Gasteiger partial charge in [0.2, 0.25) is 0 Å². The van der Waals surface area contributed by atoms with E-state index in [-0.39, 0.29) is 5.91 Å². The van der Waals surface area contributed by atoms with Crippen molar-refractivity contribution in [2.45, 2.75) is 33.1 Å². The topological polar surface area (TPSA) is 44.9 Å². The number of H-pyrrole nitrogens is 1. The number of carbonyl (C=O) groups excluding carboxylic acids is 1. The van der Waals surface area contributed by atoms with Gasteiger partial charge in [0.1, 0.15) is 0 Å². The van der Waals surface area contributed by atoms with Crippen LogP contribution in [0, 0.1) is 5.92 Å². The molecule has 0 aliphatic carbocycles. The first-order valence-corrected chi connectivity index (χ1v) is 7.02. The first-order chi connectivity index (χ1) is 9.16. The number of hydrogen-bond acceptors (Lipinski definition) is 1. The number of aromatic amines is 1. The lowest BCUT2D eigenvalue weighted by Gasteiger charge is -2.06. The number of amides is 1. The fourth-order valence-corrected chi connectivity index (χ4v) is 2.17. The lowest BCUT2D eigenvalue weighted by Crippen LogP contribution is -2.24. The molecule has 1 aromatic heterocycles. The van der Waals surface area contributed by atoms with Crippen LogP contribution in [0.15, 0.2) is 30.5 Å². The zero-order chi connectivity index (χ0) is 13.7. The largest absolute Gasteiger partial charge is 0.361 e. The molecule has 1 amide bonds. The van der Waals surface area contributed by atoms with Crippen LogP contribution in [-0.2, 0) is 0 Å². The Morgan fingerprint density at radius 1 is 1.26 bits per heavy atom. The average molecular weight is 258 g/mol. The van der Waals surface area contributed by atoms with Gasteiger partial charge in [0, 0.05) is 23.8 Å². The van der Waals surface area contributed by atoms with Gasteiger partial charge in [-0.25, -0.2) is 0 Å². The molecule has 0 aliphatic rings. The van der Waals surface area contributed by atoms with E-state index in [0.717, 1.165) is 35.3 Å². The Kier molecular flexibility index (Phi) is 4.61. The third-order valence-corrected chi connectivity index (χ3v) is 3.31. The molecule has 0 radical (unpaired) electrons. The van der Waals surface area contributed by atoms with E-state index in [1.54, 1.807) is 0 Å². The highest BCUT2D eigenvalue weighted by Crippen LogP contribution is 2.14. The van der Waals surface area contributed by atoms with Gasteiger partial charge in [-0.05, 0) is 35.9 Å². The highest BCUT2D eigenvalue weighted by Gasteiger charge is 2.06. The summed E-state index contributed by atoms with van der Waals surface area (Å²) in [6.07, 6.45) is 5.34. The summed E-state index contributed by atoms with van der Waals surface area (Å²) in [7, 11) is 0. The lowest BCUT2D eigenvalue weighted by molar-refractivity contribution is 0.0953. The minimum Gasteiger partial charge on any atom is -0.361 e. The molecular formula is C16H22N2O. The quantitative estimate of drug-likeness (QED) is 0.762. The van der Waals surface area contributed by atoms with Crippen molar-refractivity contribution in [2.24, 2.45) is 5.92 Å². The number of benzene rings is 1. The summed E-state index contributed by atoms with van der Waals surface area (Å²) in [6, 6.07) is 7.75. The maximum Gasteiger partial charge on any atom is 0.251 e. The Morgan fingerprint density at radius 3 is 2.89 bits per heavy atom. The van der Waals surface area contributed by atoms with E-state index in [9.17, 15) is 4.79 Å². The molecule has 0 aliphatic heterocycles. The molecule has 0 unspecified atom stereocenters. The van der Waals surface area contributed by atoms with Gasteiger partial charge in [-0.2, -0.15) is 0 Å². The molecule has 2 aromatic rings. The van der Waals surface area contributed by atoms with Crippen LogP contribution in [0.3, 0.4) is 0 Å². The Labute approximate surface area is 114 Å². The number of fused-ring (bicyclic) bond motifs is 1. The highest BCUT2D eigenvalue weighted by atomic mass is 16.1. The third-order valence-electron chi connectivity index (χ3n) is 3.31. The van der Waals surface area contributed by atoms with Crippen LogP contribution in [-0.4, -0.2) is 17.4 Å². The van der Waals surface area contributed by atoms with E-state index in [1.807, 2.05) is 30.5 Å². The van der Waals surface area contributed by atoms with Gasteiger partial charge in [-0.3, -0.25) is 4.79 Å². The van der Waals surface area contributed by atoms with Crippen molar-refractivity contribution in [1.82, 2.24) is 10.3 Å². The summed E-state index contributed by atoms with van der Waals surface area (Å²) in [5, 5.41) is 4.11. The van der Waals surface area contributed by atoms with Crippen LogP contribution < -0.4 is 5.32 Å². The van der Waals surface area contributed by atoms with Gasteiger partial charge in [-0.15, -0.1) is 0 Å². The Morgan fingerprint density at radius 2 is 2.11 bits per heavy atom. The molecule has 3 heteroatoms. The van der Waals surface area contributed by atoms with Crippen LogP contribution in [0.4, 0.5) is 0 Å². The summed E-state index contributed by atoms with van der Waals surface area (Å²) in [6.45, 7) is 5.21. The molecule has 0 atom stereocenters. The monoisotopic (exact) mass is 258 g/mol. The van der Waals surface area contributed by atoms with Crippen LogP contribution in [0.5, 0.6) is 0 Å². The van der Waals surface area contributed by atoms with Crippen molar-refractivity contribution in [3.63, 3.8) is 0 Å². The summed E-state index contributed by atoms with van der Waals surface area (Å²) >= 11 is 0. The molecule has 1 aromatic carbocycles. The van der Waals surface area contributed by atoms with Crippen molar-refractivity contribution >= 4 is 16.8 Å². The molecule has 3 nitrogen and oxygen atoms in total.